The maximum Gasteiger partial charge on any atom is 0.239 e. The number of aryl methyl sites for hydroxylation is 1. The second-order valence-corrected chi connectivity index (χ2v) is 10.4. The van der Waals surface area contributed by atoms with Gasteiger partial charge in [-0.25, -0.2) is 4.98 Å². The molecule has 9 heteroatoms. The first-order valence-corrected chi connectivity index (χ1v) is 13.2. The molecule has 0 spiro atoms. The zero-order valence-corrected chi connectivity index (χ0v) is 21.3. The van der Waals surface area contributed by atoms with Crippen molar-refractivity contribution in [3.63, 3.8) is 0 Å². The number of morpholine rings is 1. The van der Waals surface area contributed by atoms with Crippen molar-refractivity contribution in [2.24, 2.45) is 0 Å². The highest BCUT2D eigenvalue weighted by atomic mass is 35.5. The lowest BCUT2D eigenvalue weighted by Crippen LogP contribution is -2.39. The molecule has 0 aliphatic carbocycles. The van der Waals surface area contributed by atoms with Crippen LogP contribution in [0.3, 0.4) is 0 Å². The van der Waals surface area contributed by atoms with Gasteiger partial charge in [0.15, 0.2) is 5.13 Å². The number of amides is 1. The highest BCUT2D eigenvalue weighted by Crippen LogP contribution is 2.34. The second kappa shape index (κ2) is 11.5. The molecule has 2 heterocycles. The number of anilines is 1. The second-order valence-electron chi connectivity index (χ2n) is 7.88. The van der Waals surface area contributed by atoms with Crippen molar-refractivity contribution in [2.45, 2.75) is 18.2 Å². The molecule has 0 N–H and O–H groups in total. The van der Waals surface area contributed by atoms with Crippen LogP contribution in [-0.2, 0) is 9.53 Å². The van der Waals surface area contributed by atoms with E-state index in [9.17, 15) is 4.79 Å². The van der Waals surface area contributed by atoms with Gasteiger partial charge >= 0.3 is 0 Å². The minimum Gasteiger partial charge on any atom is -0.497 e. The predicted octanol–water partition coefficient (Wildman–Crippen LogP) is 5.11. The number of fused-ring (bicyclic) bond motifs is 1. The van der Waals surface area contributed by atoms with Crippen molar-refractivity contribution in [2.75, 3.05) is 57.2 Å². The Morgan fingerprint density at radius 1 is 1.27 bits per heavy atom. The highest BCUT2D eigenvalue weighted by Gasteiger charge is 2.21. The SMILES string of the molecule is COc1ccc(SCC(=O)N(CCCN2CCOCC2)c2nc3c(C)cc(Cl)cc3s2)cc1. The number of halogens is 1. The maximum atomic E-state index is 13.3. The van der Waals surface area contributed by atoms with E-state index in [-0.39, 0.29) is 5.91 Å². The first-order chi connectivity index (χ1) is 16.0. The van der Waals surface area contributed by atoms with Crippen molar-refractivity contribution < 1.29 is 14.3 Å². The van der Waals surface area contributed by atoms with Crippen molar-refractivity contribution in [3.8, 4) is 5.75 Å². The lowest BCUT2D eigenvalue weighted by molar-refractivity contribution is -0.116. The van der Waals surface area contributed by atoms with Gasteiger partial charge in [0, 0.05) is 36.1 Å². The van der Waals surface area contributed by atoms with Crippen molar-refractivity contribution in [1.82, 2.24) is 9.88 Å². The van der Waals surface area contributed by atoms with E-state index >= 15 is 0 Å². The average molecular weight is 506 g/mol. The Morgan fingerprint density at radius 2 is 2.03 bits per heavy atom. The largest absolute Gasteiger partial charge is 0.497 e. The van der Waals surface area contributed by atoms with E-state index in [4.69, 9.17) is 26.1 Å². The van der Waals surface area contributed by atoms with E-state index in [1.807, 2.05) is 48.2 Å². The summed E-state index contributed by atoms with van der Waals surface area (Å²) in [5, 5.41) is 1.42. The number of hydrogen-bond acceptors (Lipinski definition) is 7. The molecule has 0 saturated carbocycles. The summed E-state index contributed by atoms with van der Waals surface area (Å²) >= 11 is 9.31. The smallest absolute Gasteiger partial charge is 0.239 e. The van der Waals surface area contributed by atoms with E-state index in [0.29, 0.717) is 17.3 Å². The van der Waals surface area contributed by atoms with Crippen LogP contribution in [0.2, 0.25) is 5.02 Å². The summed E-state index contributed by atoms with van der Waals surface area (Å²) in [6.07, 6.45) is 0.884. The number of aromatic nitrogens is 1. The molecule has 3 aromatic rings. The number of hydrogen-bond donors (Lipinski definition) is 0. The number of thioether (sulfide) groups is 1. The predicted molar refractivity (Wildman–Crippen MR) is 137 cm³/mol. The van der Waals surface area contributed by atoms with Gasteiger partial charge in [0.05, 0.1) is 36.3 Å². The number of rotatable bonds is 9. The molecule has 33 heavy (non-hydrogen) atoms. The third-order valence-corrected chi connectivity index (χ3v) is 7.79. The van der Waals surface area contributed by atoms with Gasteiger partial charge in [0.2, 0.25) is 5.91 Å². The van der Waals surface area contributed by atoms with Crippen molar-refractivity contribution in [1.29, 1.82) is 0 Å². The molecular formula is C24H28ClN3O3S2. The molecule has 176 valence electrons. The number of thiazole rings is 1. The van der Waals surface area contributed by atoms with Crippen LogP contribution in [-0.4, -0.2) is 68.0 Å². The lowest BCUT2D eigenvalue weighted by Gasteiger charge is -2.27. The average Bonchev–Trinajstić information content (AvgIpc) is 3.25. The molecule has 1 aliphatic rings. The van der Waals surface area contributed by atoms with Crippen LogP contribution in [0.1, 0.15) is 12.0 Å². The van der Waals surface area contributed by atoms with Crippen LogP contribution >= 0.6 is 34.7 Å². The molecule has 1 saturated heterocycles. The Balaban J connectivity index is 1.48. The van der Waals surface area contributed by atoms with E-state index in [2.05, 4.69) is 4.90 Å². The highest BCUT2D eigenvalue weighted by molar-refractivity contribution is 8.00. The number of carbonyl (C=O) groups excluding carboxylic acids is 1. The molecule has 0 radical (unpaired) electrons. The van der Waals surface area contributed by atoms with Crippen LogP contribution in [0, 0.1) is 6.92 Å². The fourth-order valence-corrected chi connectivity index (χ4v) is 6.00. The minimum absolute atomic E-state index is 0.0561. The van der Waals surface area contributed by atoms with Gasteiger partial charge in [-0.3, -0.25) is 14.6 Å². The summed E-state index contributed by atoms with van der Waals surface area (Å²) in [6.45, 7) is 7.01. The van der Waals surface area contributed by atoms with Crippen LogP contribution in [0.15, 0.2) is 41.3 Å². The van der Waals surface area contributed by atoms with Crippen LogP contribution in [0.5, 0.6) is 5.75 Å². The molecule has 0 atom stereocenters. The summed E-state index contributed by atoms with van der Waals surface area (Å²) in [5.41, 5.74) is 1.93. The Labute approximate surface area is 207 Å². The lowest BCUT2D eigenvalue weighted by atomic mass is 10.2. The molecule has 1 aromatic heterocycles. The van der Waals surface area contributed by atoms with Crippen LogP contribution < -0.4 is 9.64 Å². The monoisotopic (exact) mass is 505 g/mol. The number of ether oxygens (including phenoxy) is 2. The molecule has 0 bridgehead atoms. The van der Waals surface area contributed by atoms with Crippen LogP contribution in [0.25, 0.3) is 10.2 Å². The Hall–Kier alpha value is -1.84. The van der Waals surface area contributed by atoms with Gasteiger partial charge in [0.1, 0.15) is 5.75 Å². The van der Waals surface area contributed by atoms with Crippen molar-refractivity contribution >= 4 is 56.0 Å². The molecule has 1 amide bonds. The van der Waals surface area contributed by atoms with Crippen molar-refractivity contribution in [3.05, 3.63) is 47.0 Å². The number of nitrogens with zero attached hydrogens (tertiary/aromatic N) is 3. The van der Waals surface area contributed by atoms with Gasteiger partial charge in [-0.05, 0) is 55.3 Å². The van der Waals surface area contributed by atoms with E-state index < -0.39 is 0 Å². The van der Waals surface area contributed by atoms with Gasteiger partial charge in [-0.2, -0.15) is 0 Å². The fourth-order valence-electron chi connectivity index (χ4n) is 3.76. The normalized spacial score (nSPS) is 14.5. The molecular weight excluding hydrogens is 478 g/mol. The van der Waals surface area contributed by atoms with Gasteiger partial charge < -0.3 is 9.47 Å². The molecule has 6 nitrogen and oxygen atoms in total. The summed E-state index contributed by atoms with van der Waals surface area (Å²) in [7, 11) is 1.65. The quantitative estimate of drug-likeness (QED) is 0.376. The first kappa shape index (κ1) is 24.3. The van der Waals surface area contributed by atoms with E-state index in [0.717, 1.165) is 70.8 Å². The number of methoxy groups -OCH3 is 1. The third-order valence-electron chi connectivity index (χ3n) is 5.55. The topological polar surface area (TPSA) is 54.9 Å². The van der Waals surface area contributed by atoms with Gasteiger partial charge in [-0.1, -0.05) is 22.9 Å². The zero-order chi connectivity index (χ0) is 23.2. The zero-order valence-electron chi connectivity index (χ0n) is 18.9. The molecule has 2 aromatic carbocycles. The summed E-state index contributed by atoms with van der Waals surface area (Å²) < 4.78 is 11.7. The Bertz CT molecular complexity index is 1080. The first-order valence-electron chi connectivity index (χ1n) is 11.0. The number of benzene rings is 2. The minimum atomic E-state index is 0.0561. The number of carbonyl (C=O) groups is 1. The van der Waals surface area contributed by atoms with Crippen LogP contribution in [0.4, 0.5) is 5.13 Å². The fraction of sp³-hybridized carbons (Fsp3) is 0.417. The maximum absolute atomic E-state index is 13.3. The third kappa shape index (κ3) is 6.39. The molecule has 0 unspecified atom stereocenters. The molecule has 4 rings (SSSR count). The summed E-state index contributed by atoms with van der Waals surface area (Å²) in [4.78, 5) is 23.4. The Kier molecular flexibility index (Phi) is 8.49. The van der Waals surface area contributed by atoms with Gasteiger partial charge in [0.25, 0.3) is 0 Å². The standard InChI is InChI=1S/C24H28ClN3O3S2/c1-17-14-18(25)15-21-23(17)26-24(33-21)28(9-3-8-27-10-12-31-13-11-27)22(29)16-32-20-6-4-19(30-2)5-7-20/h4-7,14-15H,3,8-13,16H2,1-2H3. The molecule has 1 aliphatic heterocycles. The Morgan fingerprint density at radius 3 is 2.76 bits per heavy atom. The van der Waals surface area contributed by atoms with E-state index in [1.165, 1.54) is 23.1 Å². The van der Waals surface area contributed by atoms with E-state index in [1.54, 1.807) is 7.11 Å². The summed E-state index contributed by atoms with van der Waals surface area (Å²) in [6, 6.07) is 11.6. The van der Waals surface area contributed by atoms with Gasteiger partial charge in [-0.15, -0.1) is 11.8 Å². The summed E-state index contributed by atoms with van der Waals surface area (Å²) in [5.74, 6) is 1.21. The molecule has 1 fully saturated rings.